The van der Waals surface area contributed by atoms with Gasteiger partial charge in [0.05, 0.1) is 31.4 Å². The number of carbonyl (C=O) groups is 1. The van der Waals surface area contributed by atoms with Crippen molar-refractivity contribution in [2.24, 2.45) is 0 Å². The van der Waals surface area contributed by atoms with E-state index in [4.69, 9.17) is 4.74 Å². The monoisotopic (exact) mass is 278 g/mol. The number of fused-ring (bicyclic) bond motifs is 1. The molecule has 0 saturated carbocycles. The lowest BCUT2D eigenvalue weighted by atomic mass is 10.1. The van der Waals surface area contributed by atoms with Gasteiger partial charge in [-0.05, 0) is 13.8 Å². The predicted molar refractivity (Wildman–Crippen MR) is 74.5 cm³/mol. The average Bonchev–Trinajstić information content (AvgIpc) is 2.78. The van der Waals surface area contributed by atoms with Crippen molar-refractivity contribution in [1.82, 2.24) is 20.0 Å². The van der Waals surface area contributed by atoms with Gasteiger partial charge in [0.15, 0.2) is 0 Å². The third-order valence-electron chi connectivity index (χ3n) is 4.40. The van der Waals surface area contributed by atoms with E-state index in [1.165, 1.54) is 0 Å². The first-order valence-electron chi connectivity index (χ1n) is 7.25. The maximum absolute atomic E-state index is 12.5. The summed E-state index contributed by atoms with van der Waals surface area (Å²) in [7, 11) is 0. The molecule has 3 rings (SSSR count). The van der Waals surface area contributed by atoms with Crippen molar-refractivity contribution >= 4 is 5.91 Å². The lowest BCUT2D eigenvalue weighted by Crippen LogP contribution is -2.59. The van der Waals surface area contributed by atoms with Crippen molar-refractivity contribution < 1.29 is 9.53 Å². The highest BCUT2D eigenvalue weighted by atomic mass is 16.5. The highest BCUT2D eigenvalue weighted by molar-refractivity contribution is 5.79. The number of piperazine rings is 1. The Hall–Kier alpha value is -1.40. The van der Waals surface area contributed by atoms with Gasteiger partial charge in [-0.15, -0.1) is 0 Å². The van der Waals surface area contributed by atoms with Gasteiger partial charge in [0.2, 0.25) is 5.91 Å². The molecule has 0 spiro atoms. The van der Waals surface area contributed by atoms with Gasteiger partial charge in [-0.25, -0.2) is 0 Å². The van der Waals surface area contributed by atoms with Gasteiger partial charge in [-0.1, -0.05) is 0 Å². The summed E-state index contributed by atoms with van der Waals surface area (Å²) in [6.07, 6.45) is 0.446. The molecule has 1 N–H and O–H groups in total. The summed E-state index contributed by atoms with van der Waals surface area (Å²) < 4.78 is 5.52. The maximum atomic E-state index is 12.5. The minimum absolute atomic E-state index is 0.197. The van der Waals surface area contributed by atoms with Gasteiger partial charge in [-0.3, -0.25) is 14.8 Å². The topological polar surface area (TPSA) is 61.5 Å². The molecule has 1 amide bonds. The first-order valence-corrected chi connectivity index (χ1v) is 7.25. The molecule has 1 aromatic rings. The Kier molecular flexibility index (Phi) is 3.76. The number of ether oxygens (including phenoxy) is 1. The molecule has 2 aliphatic heterocycles. The third kappa shape index (κ3) is 2.58. The molecular weight excluding hydrogens is 256 g/mol. The van der Waals surface area contributed by atoms with Crippen LogP contribution in [0.5, 0.6) is 0 Å². The molecule has 1 unspecified atom stereocenters. The van der Waals surface area contributed by atoms with E-state index in [-0.39, 0.29) is 5.91 Å². The Morgan fingerprint density at radius 2 is 2.25 bits per heavy atom. The van der Waals surface area contributed by atoms with Gasteiger partial charge in [0, 0.05) is 37.4 Å². The largest absolute Gasteiger partial charge is 0.378 e. The van der Waals surface area contributed by atoms with Crippen molar-refractivity contribution in [2.75, 3.05) is 39.4 Å². The number of amides is 1. The minimum atomic E-state index is 0.197. The van der Waals surface area contributed by atoms with Crippen molar-refractivity contribution in [3.8, 4) is 0 Å². The molecule has 6 nitrogen and oxygen atoms in total. The van der Waals surface area contributed by atoms with Crippen LogP contribution in [0.4, 0.5) is 0 Å². The summed E-state index contributed by atoms with van der Waals surface area (Å²) in [4.78, 5) is 16.9. The molecule has 2 aliphatic rings. The van der Waals surface area contributed by atoms with Gasteiger partial charge in [-0.2, -0.15) is 5.10 Å². The van der Waals surface area contributed by atoms with Crippen molar-refractivity contribution in [2.45, 2.75) is 26.3 Å². The van der Waals surface area contributed by atoms with E-state index < -0.39 is 0 Å². The van der Waals surface area contributed by atoms with E-state index >= 15 is 0 Å². The Morgan fingerprint density at radius 3 is 3.00 bits per heavy atom. The average molecular weight is 278 g/mol. The highest BCUT2D eigenvalue weighted by Gasteiger charge is 2.31. The zero-order chi connectivity index (χ0) is 14.1. The van der Waals surface area contributed by atoms with Crippen LogP contribution < -0.4 is 0 Å². The summed E-state index contributed by atoms with van der Waals surface area (Å²) in [6, 6.07) is 0.369. The molecule has 3 heterocycles. The molecular formula is C14H22N4O2. The summed E-state index contributed by atoms with van der Waals surface area (Å²) in [5.41, 5.74) is 2.96. The smallest absolute Gasteiger partial charge is 0.227 e. The van der Waals surface area contributed by atoms with Crippen LogP contribution in [-0.2, 0) is 16.0 Å². The molecule has 0 bridgehead atoms. The van der Waals surface area contributed by atoms with Gasteiger partial charge >= 0.3 is 0 Å². The van der Waals surface area contributed by atoms with E-state index in [1.807, 2.05) is 18.7 Å². The number of aromatic amines is 1. The van der Waals surface area contributed by atoms with Crippen LogP contribution in [-0.4, -0.2) is 71.3 Å². The number of H-pyrrole nitrogens is 1. The molecule has 2 fully saturated rings. The van der Waals surface area contributed by atoms with Crippen LogP contribution in [0.25, 0.3) is 0 Å². The number of aromatic nitrogens is 2. The first kappa shape index (κ1) is 13.6. The van der Waals surface area contributed by atoms with Crippen LogP contribution in [0.1, 0.15) is 17.0 Å². The number of carbonyl (C=O) groups excluding carboxylic acids is 1. The lowest BCUT2D eigenvalue weighted by molar-refractivity contribution is -0.136. The molecule has 0 radical (unpaired) electrons. The predicted octanol–water partition coefficient (Wildman–Crippen LogP) is 0.112. The highest BCUT2D eigenvalue weighted by Crippen LogP contribution is 2.16. The van der Waals surface area contributed by atoms with Gasteiger partial charge in [0.25, 0.3) is 0 Å². The second kappa shape index (κ2) is 5.54. The van der Waals surface area contributed by atoms with E-state index in [2.05, 4.69) is 15.1 Å². The number of rotatable bonds is 2. The van der Waals surface area contributed by atoms with E-state index in [0.29, 0.717) is 12.5 Å². The van der Waals surface area contributed by atoms with Gasteiger partial charge < -0.3 is 9.64 Å². The molecule has 1 aromatic heterocycles. The van der Waals surface area contributed by atoms with Crippen LogP contribution in [0.2, 0.25) is 0 Å². The fourth-order valence-electron chi connectivity index (χ4n) is 3.07. The zero-order valence-corrected chi connectivity index (χ0v) is 12.2. The number of hydrogen-bond acceptors (Lipinski definition) is 4. The Labute approximate surface area is 119 Å². The standard InChI is InChI=1S/C14H22N4O2/c1-10-13(11(2)16-15-10)7-14(19)18-4-3-17-5-6-20-9-12(17)8-18/h12H,3-9H2,1-2H3,(H,15,16). The minimum Gasteiger partial charge on any atom is -0.378 e. The zero-order valence-electron chi connectivity index (χ0n) is 12.2. The van der Waals surface area contributed by atoms with Crippen molar-refractivity contribution in [1.29, 1.82) is 0 Å². The van der Waals surface area contributed by atoms with Crippen molar-refractivity contribution in [3.05, 3.63) is 17.0 Å². The maximum Gasteiger partial charge on any atom is 0.227 e. The normalized spacial score (nSPS) is 23.7. The number of nitrogens with zero attached hydrogens (tertiary/aromatic N) is 3. The quantitative estimate of drug-likeness (QED) is 0.834. The summed E-state index contributed by atoms with van der Waals surface area (Å²) >= 11 is 0. The molecule has 6 heteroatoms. The van der Waals surface area contributed by atoms with Crippen molar-refractivity contribution in [3.63, 3.8) is 0 Å². The van der Waals surface area contributed by atoms with Crippen LogP contribution in [0.3, 0.4) is 0 Å². The number of hydrogen-bond donors (Lipinski definition) is 1. The van der Waals surface area contributed by atoms with Crippen LogP contribution in [0, 0.1) is 13.8 Å². The summed E-state index contributed by atoms with van der Waals surface area (Å²) in [5, 5.41) is 7.10. The Morgan fingerprint density at radius 1 is 1.40 bits per heavy atom. The number of morpholine rings is 1. The molecule has 110 valence electrons. The van der Waals surface area contributed by atoms with E-state index in [0.717, 1.165) is 56.3 Å². The van der Waals surface area contributed by atoms with E-state index in [1.54, 1.807) is 0 Å². The fourth-order valence-corrected chi connectivity index (χ4v) is 3.07. The molecule has 2 saturated heterocycles. The first-order chi connectivity index (χ1) is 9.65. The molecule has 0 aliphatic carbocycles. The number of aryl methyl sites for hydroxylation is 2. The molecule has 20 heavy (non-hydrogen) atoms. The Bertz CT molecular complexity index is 480. The van der Waals surface area contributed by atoms with Gasteiger partial charge in [0.1, 0.15) is 0 Å². The molecule has 0 aromatic carbocycles. The lowest BCUT2D eigenvalue weighted by Gasteiger charge is -2.43. The van der Waals surface area contributed by atoms with Crippen LogP contribution >= 0.6 is 0 Å². The Balaban J connectivity index is 1.63. The van der Waals surface area contributed by atoms with E-state index in [9.17, 15) is 4.79 Å². The second-order valence-corrected chi connectivity index (χ2v) is 5.69. The SMILES string of the molecule is Cc1n[nH]c(C)c1CC(=O)N1CCN2CCOCC2C1. The van der Waals surface area contributed by atoms with Crippen LogP contribution in [0.15, 0.2) is 0 Å². The third-order valence-corrected chi connectivity index (χ3v) is 4.40. The second-order valence-electron chi connectivity index (χ2n) is 5.69. The fraction of sp³-hybridized carbons (Fsp3) is 0.714. The summed E-state index contributed by atoms with van der Waals surface area (Å²) in [5.74, 6) is 0.197. The number of nitrogens with one attached hydrogen (secondary N) is 1. The molecule has 1 atom stereocenters. The summed E-state index contributed by atoms with van der Waals surface area (Å²) in [6.45, 7) is 9.04.